The molecule has 1 fully saturated rings. The number of aliphatic carboxylic acids is 1. The van der Waals surface area contributed by atoms with Gasteiger partial charge in [0.25, 0.3) is 0 Å². The summed E-state index contributed by atoms with van der Waals surface area (Å²) >= 11 is 12.4. The van der Waals surface area contributed by atoms with Crippen LogP contribution in [0.4, 0.5) is 5.69 Å². The van der Waals surface area contributed by atoms with E-state index in [4.69, 9.17) is 27.9 Å². The number of ether oxygens (including phenoxy) is 1. The molecule has 40 heavy (non-hydrogen) atoms. The molecule has 10 heteroatoms. The molecule has 210 valence electrons. The van der Waals surface area contributed by atoms with Gasteiger partial charge in [0.15, 0.2) is 0 Å². The van der Waals surface area contributed by atoms with E-state index in [1.54, 1.807) is 42.5 Å². The number of para-hydroxylation sites is 1. The molecule has 8 nitrogen and oxygen atoms in total. The number of carboxylic acid groups (broad SMARTS) is 1. The first-order valence-electron chi connectivity index (χ1n) is 13.1. The minimum atomic E-state index is -1.11. The number of halogens is 2. The van der Waals surface area contributed by atoms with Crippen molar-refractivity contribution < 1.29 is 24.2 Å². The standard InChI is InChI=1S/C30H31Cl2N3O5/c31-25-7-4-8-26(32)24(25)18-40-23-15-9-19(10-16-23)17-27(30(38)39)33-28(36)20-11-13-21(14-12-20)29(37)35-34-22-5-2-1-3-6-22/h1-10,15-16,20-21,27,34H,11-14,17-18H2,(H,33,36)(H,35,37)(H,38,39)/t20?,21?,27-/m0/s1. The van der Waals surface area contributed by atoms with Crippen LogP contribution >= 0.6 is 23.2 Å². The number of hydrogen-bond acceptors (Lipinski definition) is 5. The Balaban J connectivity index is 1.24. The molecular weight excluding hydrogens is 553 g/mol. The summed E-state index contributed by atoms with van der Waals surface area (Å²) in [6.07, 6.45) is 2.27. The van der Waals surface area contributed by atoms with Gasteiger partial charge in [-0.3, -0.25) is 20.4 Å². The van der Waals surface area contributed by atoms with Gasteiger partial charge in [-0.25, -0.2) is 4.79 Å². The number of amides is 2. The lowest BCUT2D eigenvalue weighted by Crippen LogP contribution is -2.46. The molecule has 0 spiro atoms. The monoisotopic (exact) mass is 583 g/mol. The van der Waals surface area contributed by atoms with Crippen molar-refractivity contribution in [3.05, 3.63) is 94.0 Å². The number of carboxylic acids is 1. The molecule has 3 aromatic carbocycles. The molecule has 1 atom stereocenters. The molecule has 0 aliphatic heterocycles. The SMILES string of the molecule is O=C(NNc1ccccc1)C1CCC(C(=O)N[C@@H](Cc2ccc(OCc3c(Cl)cccc3Cl)cc2)C(=O)O)CC1. The van der Waals surface area contributed by atoms with Gasteiger partial charge in [0, 0.05) is 33.9 Å². The fourth-order valence-electron chi connectivity index (χ4n) is 4.65. The smallest absolute Gasteiger partial charge is 0.326 e. The molecule has 0 unspecified atom stereocenters. The van der Waals surface area contributed by atoms with E-state index in [1.807, 2.05) is 30.3 Å². The average Bonchev–Trinajstić information content (AvgIpc) is 2.96. The molecular formula is C30H31Cl2N3O5. The number of nitrogens with one attached hydrogen (secondary N) is 3. The second-order valence-corrected chi connectivity index (χ2v) is 10.6. The molecule has 2 amide bonds. The normalized spacial score (nSPS) is 17.4. The van der Waals surface area contributed by atoms with Crippen molar-refractivity contribution in [2.45, 2.75) is 44.8 Å². The Morgan fingerprint density at radius 2 is 1.43 bits per heavy atom. The van der Waals surface area contributed by atoms with E-state index in [1.165, 1.54) is 0 Å². The summed E-state index contributed by atoms with van der Waals surface area (Å²) in [5.41, 5.74) is 7.83. The van der Waals surface area contributed by atoms with Crippen molar-refractivity contribution >= 4 is 46.7 Å². The summed E-state index contributed by atoms with van der Waals surface area (Å²) in [6.45, 7) is 0.194. The Hall–Kier alpha value is -3.75. The van der Waals surface area contributed by atoms with Gasteiger partial charge in [-0.2, -0.15) is 0 Å². The Morgan fingerprint density at radius 1 is 0.825 bits per heavy atom. The Kier molecular flexibility index (Phi) is 10.3. The van der Waals surface area contributed by atoms with Gasteiger partial charge in [-0.05, 0) is 67.6 Å². The summed E-state index contributed by atoms with van der Waals surface area (Å²) in [6, 6.07) is 20.5. The highest BCUT2D eigenvalue weighted by atomic mass is 35.5. The lowest BCUT2D eigenvalue weighted by molar-refractivity contribution is -0.142. The van der Waals surface area contributed by atoms with E-state index < -0.39 is 12.0 Å². The highest BCUT2D eigenvalue weighted by molar-refractivity contribution is 6.35. The number of carbonyl (C=O) groups is 3. The van der Waals surface area contributed by atoms with Gasteiger partial charge in [-0.1, -0.05) is 59.6 Å². The predicted molar refractivity (Wildman–Crippen MR) is 154 cm³/mol. The Labute approximate surface area is 243 Å². The van der Waals surface area contributed by atoms with Gasteiger partial charge in [0.05, 0.1) is 5.69 Å². The van der Waals surface area contributed by atoms with Crippen molar-refractivity contribution in [3.63, 3.8) is 0 Å². The molecule has 0 bridgehead atoms. The summed E-state index contributed by atoms with van der Waals surface area (Å²) in [4.78, 5) is 37.3. The minimum absolute atomic E-state index is 0.117. The number of carbonyl (C=O) groups excluding carboxylic acids is 2. The summed E-state index contributed by atoms with van der Waals surface area (Å²) in [7, 11) is 0. The van der Waals surface area contributed by atoms with Crippen molar-refractivity contribution in [1.82, 2.24) is 10.7 Å². The van der Waals surface area contributed by atoms with E-state index in [0.29, 0.717) is 47.0 Å². The first-order valence-corrected chi connectivity index (χ1v) is 13.8. The summed E-state index contributed by atoms with van der Waals surface area (Å²) in [5, 5.41) is 13.5. The van der Waals surface area contributed by atoms with Gasteiger partial charge < -0.3 is 15.2 Å². The molecule has 0 radical (unpaired) electrons. The van der Waals surface area contributed by atoms with E-state index in [2.05, 4.69) is 16.2 Å². The third-order valence-electron chi connectivity index (χ3n) is 7.00. The molecule has 0 heterocycles. The molecule has 4 rings (SSSR count). The highest BCUT2D eigenvalue weighted by Gasteiger charge is 2.32. The van der Waals surface area contributed by atoms with Gasteiger partial charge in [0.2, 0.25) is 11.8 Å². The maximum atomic E-state index is 12.9. The number of hydrogen-bond donors (Lipinski definition) is 4. The van der Waals surface area contributed by atoms with Crippen LogP contribution in [0.15, 0.2) is 72.8 Å². The van der Waals surface area contributed by atoms with Crippen LogP contribution in [0.1, 0.15) is 36.8 Å². The second-order valence-electron chi connectivity index (χ2n) is 9.77. The molecule has 1 aliphatic carbocycles. The topological polar surface area (TPSA) is 117 Å². The number of anilines is 1. The van der Waals surface area contributed by atoms with Crippen LogP contribution < -0.4 is 20.9 Å². The van der Waals surface area contributed by atoms with Crippen LogP contribution in [0.25, 0.3) is 0 Å². The lowest BCUT2D eigenvalue weighted by Gasteiger charge is -2.28. The Morgan fingerprint density at radius 3 is 2.02 bits per heavy atom. The Bertz CT molecular complexity index is 1290. The molecule has 1 saturated carbocycles. The zero-order valence-electron chi connectivity index (χ0n) is 21.7. The molecule has 3 aromatic rings. The summed E-state index contributed by atoms with van der Waals surface area (Å²) < 4.78 is 5.78. The van der Waals surface area contributed by atoms with Crippen molar-refractivity contribution in [3.8, 4) is 5.75 Å². The van der Waals surface area contributed by atoms with Crippen molar-refractivity contribution in [2.24, 2.45) is 11.8 Å². The quantitative estimate of drug-likeness (QED) is 0.217. The van der Waals surface area contributed by atoms with Gasteiger partial charge in [-0.15, -0.1) is 0 Å². The van der Waals surface area contributed by atoms with E-state index in [-0.39, 0.29) is 36.7 Å². The van der Waals surface area contributed by atoms with Crippen molar-refractivity contribution in [2.75, 3.05) is 5.43 Å². The van der Waals surface area contributed by atoms with E-state index in [9.17, 15) is 19.5 Å². The largest absolute Gasteiger partial charge is 0.489 e. The van der Waals surface area contributed by atoms with Crippen LogP contribution in [0.5, 0.6) is 5.75 Å². The average molecular weight is 585 g/mol. The van der Waals surface area contributed by atoms with Crippen LogP contribution in [0.3, 0.4) is 0 Å². The molecule has 0 aromatic heterocycles. The van der Waals surface area contributed by atoms with Crippen LogP contribution in [-0.2, 0) is 27.4 Å². The van der Waals surface area contributed by atoms with Crippen molar-refractivity contribution in [1.29, 1.82) is 0 Å². The van der Waals surface area contributed by atoms with Crippen LogP contribution in [-0.4, -0.2) is 28.9 Å². The second kappa shape index (κ2) is 14.1. The fourth-order valence-corrected chi connectivity index (χ4v) is 5.15. The summed E-state index contributed by atoms with van der Waals surface area (Å²) in [5.74, 6) is -1.48. The fraction of sp³-hybridized carbons (Fsp3) is 0.300. The first-order chi connectivity index (χ1) is 19.3. The number of hydrazine groups is 1. The maximum absolute atomic E-state index is 12.9. The highest BCUT2D eigenvalue weighted by Crippen LogP contribution is 2.30. The lowest BCUT2D eigenvalue weighted by atomic mass is 9.81. The van der Waals surface area contributed by atoms with Gasteiger partial charge >= 0.3 is 5.97 Å². The van der Waals surface area contributed by atoms with Crippen LogP contribution in [0, 0.1) is 11.8 Å². The minimum Gasteiger partial charge on any atom is -0.489 e. The third-order valence-corrected chi connectivity index (χ3v) is 7.70. The van der Waals surface area contributed by atoms with Crippen LogP contribution in [0.2, 0.25) is 10.0 Å². The third kappa shape index (κ3) is 8.13. The first kappa shape index (κ1) is 29.2. The van der Waals surface area contributed by atoms with Gasteiger partial charge in [0.1, 0.15) is 18.4 Å². The predicted octanol–water partition coefficient (Wildman–Crippen LogP) is 5.63. The number of rotatable bonds is 11. The molecule has 1 aliphatic rings. The van der Waals surface area contributed by atoms with E-state index in [0.717, 1.165) is 11.3 Å². The molecule has 4 N–H and O–H groups in total. The zero-order valence-corrected chi connectivity index (χ0v) is 23.3. The zero-order chi connectivity index (χ0) is 28.5. The number of benzene rings is 3. The maximum Gasteiger partial charge on any atom is 0.326 e. The van der Waals surface area contributed by atoms with E-state index >= 15 is 0 Å². The molecule has 0 saturated heterocycles.